The summed E-state index contributed by atoms with van der Waals surface area (Å²) in [6.45, 7) is 0.279. The number of piperidine rings is 1. The van der Waals surface area contributed by atoms with Crippen LogP contribution in [-0.2, 0) is 29.8 Å². The van der Waals surface area contributed by atoms with Crippen LogP contribution < -0.4 is 4.90 Å². The molecule has 0 unspecified atom stereocenters. The first-order valence-electron chi connectivity index (χ1n) is 10.8. The Morgan fingerprint density at radius 2 is 1.64 bits per heavy atom. The summed E-state index contributed by atoms with van der Waals surface area (Å²) in [5.41, 5.74) is 0.703. The Hall–Kier alpha value is -3.23. The lowest BCUT2D eigenvalue weighted by molar-refractivity contribution is -0.140. The predicted octanol–water partition coefficient (Wildman–Crippen LogP) is 3.08. The van der Waals surface area contributed by atoms with E-state index in [-0.39, 0.29) is 30.4 Å². The Bertz CT molecular complexity index is 1350. The summed E-state index contributed by atoms with van der Waals surface area (Å²) in [5.74, 6) is -0.664. The molecule has 5 rings (SSSR count). The van der Waals surface area contributed by atoms with Crippen LogP contribution in [0.1, 0.15) is 18.4 Å². The van der Waals surface area contributed by atoms with E-state index in [1.165, 1.54) is 16.3 Å². The fourth-order valence-corrected chi connectivity index (χ4v) is 6.75. The Balaban J connectivity index is 1.46. The largest absolute Gasteiger partial charge is 0.468 e. The molecule has 0 N–H and O–H groups in total. The third kappa shape index (κ3) is 3.32. The van der Waals surface area contributed by atoms with Crippen LogP contribution in [0.25, 0.3) is 10.8 Å². The third-order valence-corrected chi connectivity index (χ3v) is 8.78. The molecular formula is C25H24N2O5S. The van der Waals surface area contributed by atoms with Crippen LogP contribution >= 0.6 is 0 Å². The first-order chi connectivity index (χ1) is 15.9. The molecule has 2 heterocycles. The molecule has 7 nitrogen and oxygen atoms in total. The van der Waals surface area contributed by atoms with E-state index in [1.54, 1.807) is 12.1 Å². The number of sulfonamides is 1. The van der Waals surface area contributed by atoms with Gasteiger partial charge in [0.05, 0.1) is 17.4 Å². The number of carbonyl (C=O) groups excluding carboxylic acids is 2. The van der Waals surface area contributed by atoms with Crippen molar-refractivity contribution in [2.45, 2.75) is 23.2 Å². The number of ether oxygens (including phenoxy) is 1. The topological polar surface area (TPSA) is 84.0 Å². The number of methoxy groups -OCH3 is 1. The molecule has 1 spiro atoms. The van der Waals surface area contributed by atoms with E-state index in [1.807, 2.05) is 54.6 Å². The second-order valence-corrected chi connectivity index (χ2v) is 10.4. The van der Waals surface area contributed by atoms with Gasteiger partial charge in [-0.25, -0.2) is 8.42 Å². The second-order valence-electron chi connectivity index (χ2n) is 8.45. The molecule has 2 aliphatic heterocycles. The molecule has 33 heavy (non-hydrogen) atoms. The van der Waals surface area contributed by atoms with E-state index in [9.17, 15) is 18.0 Å². The maximum Gasteiger partial charge on any atom is 0.325 e. The van der Waals surface area contributed by atoms with Crippen molar-refractivity contribution >= 4 is 38.4 Å². The second kappa shape index (κ2) is 7.97. The van der Waals surface area contributed by atoms with Crippen LogP contribution in [0.3, 0.4) is 0 Å². The van der Waals surface area contributed by atoms with Crippen molar-refractivity contribution in [3.63, 3.8) is 0 Å². The van der Waals surface area contributed by atoms with Crippen molar-refractivity contribution < 1.29 is 22.7 Å². The average molecular weight is 465 g/mol. The number of benzene rings is 3. The SMILES string of the molecule is COC(=O)CN1C(=O)C2(CCN(S(=O)(=O)c3cccc4ccccc34)CC2)c2ccccc21. The molecule has 170 valence electrons. The van der Waals surface area contributed by atoms with Crippen molar-refractivity contribution in [2.75, 3.05) is 31.6 Å². The van der Waals surface area contributed by atoms with E-state index in [0.717, 1.165) is 10.9 Å². The van der Waals surface area contributed by atoms with Crippen molar-refractivity contribution in [3.05, 3.63) is 72.3 Å². The summed E-state index contributed by atoms with van der Waals surface area (Å²) in [6.07, 6.45) is 0.703. The normalized spacial score (nSPS) is 18.0. The minimum Gasteiger partial charge on any atom is -0.468 e. The molecular weight excluding hydrogens is 440 g/mol. The summed E-state index contributed by atoms with van der Waals surface area (Å²) >= 11 is 0. The molecule has 1 fully saturated rings. The number of hydrogen-bond donors (Lipinski definition) is 0. The van der Waals surface area contributed by atoms with Crippen molar-refractivity contribution in [3.8, 4) is 0 Å². The maximum absolute atomic E-state index is 13.5. The van der Waals surface area contributed by atoms with Gasteiger partial charge in [0.1, 0.15) is 6.54 Å². The number of fused-ring (bicyclic) bond motifs is 3. The van der Waals surface area contributed by atoms with E-state index in [4.69, 9.17) is 4.74 Å². The molecule has 2 aliphatic rings. The molecule has 8 heteroatoms. The Kier molecular flexibility index (Phi) is 5.22. The quantitative estimate of drug-likeness (QED) is 0.554. The molecule has 0 bridgehead atoms. The van der Waals surface area contributed by atoms with Gasteiger partial charge < -0.3 is 9.64 Å². The first kappa shape index (κ1) is 21.6. The van der Waals surface area contributed by atoms with Gasteiger partial charge in [0.2, 0.25) is 15.9 Å². The Morgan fingerprint density at radius 3 is 2.39 bits per heavy atom. The maximum atomic E-state index is 13.5. The summed E-state index contributed by atoms with van der Waals surface area (Å²) in [7, 11) is -2.44. The van der Waals surface area contributed by atoms with E-state index in [0.29, 0.717) is 23.9 Å². The summed E-state index contributed by atoms with van der Waals surface area (Å²) < 4.78 is 33.3. The number of hydrogen-bond acceptors (Lipinski definition) is 5. The molecule has 1 saturated heterocycles. The smallest absolute Gasteiger partial charge is 0.325 e. The number of nitrogens with zero attached hydrogens (tertiary/aromatic N) is 2. The van der Waals surface area contributed by atoms with Gasteiger partial charge in [0, 0.05) is 24.2 Å². The van der Waals surface area contributed by atoms with E-state index < -0.39 is 21.4 Å². The molecule has 0 radical (unpaired) electrons. The minimum atomic E-state index is -3.73. The zero-order valence-corrected chi connectivity index (χ0v) is 19.0. The lowest BCUT2D eigenvalue weighted by Gasteiger charge is -2.38. The first-order valence-corrected chi connectivity index (χ1v) is 12.3. The predicted molar refractivity (Wildman–Crippen MR) is 124 cm³/mol. The summed E-state index contributed by atoms with van der Waals surface area (Å²) in [4.78, 5) is 27.2. The number of anilines is 1. The number of amides is 1. The van der Waals surface area contributed by atoms with Gasteiger partial charge in [-0.15, -0.1) is 0 Å². The highest BCUT2D eigenvalue weighted by Gasteiger charge is 2.53. The minimum absolute atomic E-state index is 0.161. The summed E-state index contributed by atoms with van der Waals surface area (Å²) in [6, 6.07) is 20.1. The van der Waals surface area contributed by atoms with Crippen molar-refractivity contribution in [1.29, 1.82) is 0 Å². The fraction of sp³-hybridized carbons (Fsp3) is 0.280. The van der Waals surface area contributed by atoms with Crippen LogP contribution in [0.5, 0.6) is 0 Å². The van der Waals surface area contributed by atoms with Crippen LogP contribution in [-0.4, -0.2) is 51.3 Å². The number of esters is 1. The van der Waals surface area contributed by atoms with Crippen LogP contribution in [0.4, 0.5) is 5.69 Å². The van der Waals surface area contributed by atoms with Crippen molar-refractivity contribution in [2.24, 2.45) is 0 Å². The van der Waals surface area contributed by atoms with Crippen LogP contribution in [0.15, 0.2) is 71.6 Å². The molecule has 3 aromatic rings. The Labute approximate surface area is 192 Å². The highest BCUT2D eigenvalue weighted by molar-refractivity contribution is 7.89. The molecule has 3 aromatic carbocycles. The molecule has 0 atom stereocenters. The third-order valence-electron chi connectivity index (χ3n) is 6.82. The van der Waals surface area contributed by atoms with Crippen molar-refractivity contribution in [1.82, 2.24) is 4.31 Å². The lowest BCUT2D eigenvalue weighted by Crippen LogP contribution is -2.50. The van der Waals surface area contributed by atoms with Gasteiger partial charge in [-0.1, -0.05) is 54.6 Å². The standard InChI is InChI=1S/C25H24N2O5S/c1-32-23(28)17-27-21-11-5-4-10-20(21)25(24(27)29)13-15-26(16-14-25)33(30,31)22-12-6-8-18-7-2-3-9-19(18)22/h2-12H,13-17H2,1H3. The highest BCUT2D eigenvalue weighted by atomic mass is 32.2. The van der Waals surface area contributed by atoms with E-state index in [2.05, 4.69) is 0 Å². The average Bonchev–Trinajstić information content (AvgIpc) is 3.06. The van der Waals surface area contributed by atoms with Gasteiger partial charge in [0.15, 0.2) is 0 Å². The zero-order chi connectivity index (χ0) is 23.2. The fourth-order valence-electron chi connectivity index (χ4n) is 5.10. The van der Waals surface area contributed by atoms with Gasteiger partial charge in [0.25, 0.3) is 0 Å². The van der Waals surface area contributed by atoms with Gasteiger partial charge in [-0.05, 0) is 35.9 Å². The van der Waals surface area contributed by atoms with Gasteiger partial charge in [-0.2, -0.15) is 4.31 Å². The molecule has 0 aliphatic carbocycles. The van der Waals surface area contributed by atoms with Gasteiger partial charge in [-0.3, -0.25) is 9.59 Å². The monoisotopic (exact) mass is 464 g/mol. The number of carbonyl (C=O) groups is 2. The zero-order valence-electron chi connectivity index (χ0n) is 18.2. The van der Waals surface area contributed by atoms with Crippen LogP contribution in [0, 0.1) is 0 Å². The molecule has 0 aromatic heterocycles. The van der Waals surface area contributed by atoms with Gasteiger partial charge >= 0.3 is 5.97 Å². The van der Waals surface area contributed by atoms with E-state index >= 15 is 0 Å². The number of para-hydroxylation sites is 1. The lowest BCUT2D eigenvalue weighted by atomic mass is 9.74. The summed E-state index contributed by atoms with van der Waals surface area (Å²) in [5, 5.41) is 1.55. The molecule has 1 amide bonds. The highest BCUT2D eigenvalue weighted by Crippen LogP contribution is 2.48. The molecule has 0 saturated carbocycles. The van der Waals surface area contributed by atoms with Crippen LogP contribution in [0.2, 0.25) is 0 Å². The Morgan fingerprint density at radius 1 is 0.970 bits per heavy atom. The number of rotatable bonds is 4.